The minimum atomic E-state index is -1.12. The Morgan fingerprint density at radius 3 is 2.42 bits per heavy atom. The molecular weight excluding hydrogens is 484 g/mol. The van der Waals surface area contributed by atoms with Crippen LogP contribution in [0.1, 0.15) is 38.2 Å². The van der Waals surface area contributed by atoms with Crippen LogP contribution in [0.4, 0.5) is 5.69 Å². The zero-order chi connectivity index (χ0) is 26.9. The molecule has 6 rings (SSSR count). The summed E-state index contributed by atoms with van der Waals surface area (Å²) in [6.45, 7) is 3.95. The summed E-state index contributed by atoms with van der Waals surface area (Å²) in [5.41, 5.74) is 1.02. The van der Waals surface area contributed by atoms with E-state index in [0.29, 0.717) is 25.1 Å². The number of imide groups is 2. The number of ether oxygens (including phenoxy) is 1. The number of amides is 4. The normalized spacial score (nSPS) is 32.2. The molecule has 8 nitrogen and oxygen atoms in total. The van der Waals surface area contributed by atoms with Crippen molar-refractivity contribution in [1.82, 2.24) is 4.90 Å². The molecule has 4 aliphatic rings. The molecule has 6 atom stereocenters. The molecule has 2 aliphatic heterocycles. The fourth-order valence-corrected chi connectivity index (χ4v) is 7.47. The van der Waals surface area contributed by atoms with Crippen LogP contribution >= 0.6 is 0 Å². The van der Waals surface area contributed by atoms with E-state index < -0.39 is 29.1 Å². The number of phenols is 1. The average molecular weight is 515 g/mol. The van der Waals surface area contributed by atoms with Gasteiger partial charge in [-0.05, 0) is 62.4 Å². The Balaban J connectivity index is 1.54. The first kappa shape index (κ1) is 24.4. The molecule has 2 aliphatic carbocycles. The van der Waals surface area contributed by atoms with Crippen LogP contribution < -0.4 is 9.64 Å². The molecule has 0 spiro atoms. The number of fused-ring (bicyclic) bond motifs is 4. The molecule has 0 bridgehead atoms. The van der Waals surface area contributed by atoms with Crippen molar-refractivity contribution in [1.29, 1.82) is 0 Å². The average Bonchev–Trinajstić information content (AvgIpc) is 3.28. The Morgan fingerprint density at radius 1 is 1.00 bits per heavy atom. The van der Waals surface area contributed by atoms with Gasteiger partial charge in [0.1, 0.15) is 0 Å². The molecule has 0 radical (unpaired) electrons. The van der Waals surface area contributed by atoms with Crippen LogP contribution in [0.25, 0.3) is 0 Å². The summed E-state index contributed by atoms with van der Waals surface area (Å²) in [7, 11) is 1.46. The quantitative estimate of drug-likeness (QED) is 0.493. The van der Waals surface area contributed by atoms with Gasteiger partial charge >= 0.3 is 0 Å². The molecule has 4 amide bonds. The lowest BCUT2D eigenvalue weighted by atomic mass is 9.51. The molecule has 196 valence electrons. The predicted molar refractivity (Wildman–Crippen MR) is 138 cm³/mol. The van der Waals surface area contributed by atoms with Gasteiger partial charge in [-0.1, -0.05) is 35.9 Å². The molecule has 1 saturated carbocycles. The fourth-order valence-electron chi connectivity index (χ4n) is 7.47. The Kier molecular flexibility index (Phi) is 5.49. The lowest BCUT2D eigenvalue weighted by molar-refractivity contribution is -0.140. The largest absolute Gasteiger partial charge is 0.504 e. The number of benzene rings is 2. The van der Waals surface area contributed by atoms with E-state index in [1.165, 1.54) is 23.0 Å². The molecule has 38 heavy (non-hydrogen) atoms. The van der Waals surface area contributed by atoms with Crippen molar-refractivity contribution >= 4 is 29.3 Å². The fraction of sp³-hybridized carbons (Fsp3) is 0.400. The minimum absolute atomic E-state index is 0.0297. The highest BCUT2D eigenvalue weighted by Crippen LogP contribution is 2.63. The second kappa shape index (κ2) is 8.55. The zero-order valence-corrected chi connectivity index (χ0v) is 21.6. The maximum Gasteiger partial charge on any atom is 0.241 e. The van der Waals surface area contributed by atoms with Crippen molar-refractivity contribution in [3.05, 3.63) is 65.7 Å². The van der Waals surface area contributed by atoms with Crippen LogP contribution in [0, 0.1) is 29.1 Å². The van der Waals surface area contributed by atoms with Crippen molar-refractivity contribution < 1.29 is 29.0 Å². The van der Waals surface area contributed by atoms with Crippen molar-refractivity contribution in [2.45, 2.75) is 32.6 Å². The number of carbonyl (C=O) groups is 4. The molecule has 0 aromatic heterocycles. The number of methoxy groups -OCH3 is 1. The molecule has 1 N–H and O–H groups in total. The van der Waals surface area contributed by atoms with Gasteiger partial charge in [0.05, 0.1) is 36.0 Å². The summed E-state index contributed by atoms with van der Waals surface area (Å²) < 4.78 is 5.39. The van der Waals surface area contributed by atoms with Crippen LogP contribution in [0.3, 0.4) is 0 Å². The Bertz CT molecular complexity index is 1400. The summed E-state index contributed by atoms with van der Waals surface area (Å²) in [4.78, 5) is 57.4. The van der Waals surface area contributed by atoms with E-state index in [2.05, 4.69) is 0 Å². The number of aromatic hydroxyl groups is 1. The molecule has 2 aromatic carbocycles. The SMILES string of the molecule is CCN1C(=O)C2CC=C3C(CC4C(=O)N(c5ccccc5)C(=O)C4(C)C3c3ccc(O)c(OC)c3)C2C1=O. The number of nitrogens with zero attached hydrogens (tertiary/aromatic N) is 2. The smallest absolute Gasteiger partial charge is 0.241 e. The first-order valence-electron chi connectivity index (χ1n) is 13.1. The highest BCUT2D eigenvalue weighted by Gasteiger charge is 2.67. The maximum atomic E-state index is 14.3. The third-order valence-electron chi connectivity index (χ3n) is 9.23. The Morgan fingerprint density at radius 2 is 1.74 bits per heavy atom. The zero-order valence-electron chi connectivity index (χ0n) is 21.6. The molecule has 8 heteroatoms. The second-order valence-electron chi connectivity index (χ2n) is 10.8. The van der Waals surface area contributed by atoms with Crippen LogP contribution in [0.2, 0.25) is 0 Å². The van der Waals surface area contributed by atoms with E-state index in [1.54, 1.807) is 43.3 Å². The number of rotatable bonds is 4. The third kappa shape index (κ3) is 3.09. The highest BCUT2D eigenvalue weighted by atomic mass is 16.5. The van der Waals surface area contributed by atoms with Crippen LogP contribution in [-0.2, 0) is 19.2 Å². The maximum absolute atomic E-state index is 14.3. The molecular formula is C30H30N2O6. The Hall–Kier alpha value is -3.94. The summed E-state index contributed by atoms with van der Waals surface area (Å²) in [5, 5.41) is 10.3. The lowest BCUT2D eigenvalue weighted by Crippen LogP contribution is -2.48. The summed E-state index contributed by atoms with van der Waals surface area (Å²) in [5.74, 6) is -3.27. The number of hydrogen-bond acceptors (Lipinski definition) is 6. The summed E-state index contributed by atoms with van der Waals surface area (Å²) in [6.07, 6.45) is 2.75. The first-order valence-corrected chi connectivity index (χ1v) is 13.1. The van der Waals surface area contributed by atoms with Gasteiger partial charge < -0.3 is 9.84 Å². The molecule has 3 fully saturated rings. The summed E-state index contributed by atoms with van der Waals surface area (Å²) in [6, 6.07) is 13.9. The van der Waals surface area contributed by atoms with E-state index in [-0.39, 0.29) is 41.0 Å². The molecule has 2 aromatic rings. The van der Waals surface area contributed by atoms with Gasteiger partial charge in [-0.15, -0.1) is 0 Å². The topological polar surface area (TPSA) is 104 Å². The van der Waals surface area contributed by atoms with Crippen molar-refractivity contribution in [2.75, 3.05) is 18.6 Å². The second-order valence-corrected chi connectivity index (χ2v) is 10.8. The van der Waals surface area contributed by atoms with Gasteiger partial charge in [-0.3, -0.25) is 24.1 Å². The number of likely N-dealkylation sites (tertiary alicyclic amines) is 1. The van der Waals surface area contributed by atoms with E-state index in [1.807, 2.05) is 19.1 Å². The van der Waals surface area contributed by atoms with Gasteiger partial charge in [0.25, 0.3) is 0 Å². The van der Waals surface area contributed by atoms with Crippen molar-refractivity contribution in [3.63, 3.8) is 0 Å². The highest BCUT2D eigenvalue weighted by molar-refractivity contribution is 6.24. The van der Waals surface area contributed by atoms with E-state index in [0.717, 1.165) is 11.1 Å². The van der Waals surface area contributed by atoms with Gasteiger partial charge in [0.15, 0.2) is 11.5 Å². The third-order valence-corrected chi connectivity index (χ3v) is 9.23. The predicted octanol–water partition coefficient (Wildman–Crippen LogP) is 3.65. The van der Waals surface area contributed by atoms with Crippen LogP contribution in [0.5, 0.6) is 11.5 Å². The Labute approximate surface area is 220 Å². The molecule has 2 saturated heterocycles. The number of anilines is 1. The van der Waals surface area contributed by atoms with Gasteiger partial charge in [0.2, 0.25) is 23.6 Å². The summed E-state index contributed by atoms with van der Waals surface area (Å²) >= 11 is 0. The van der Waals surface area contributed by atoms with Crippen molar-refractivity contribution in [2.24, 2.45) is 29.1 Å². The van der Waals surface area contributed by atoms with Gasteiger partial charge in [0, 0.05) is 12.5 Å². The number of carbonyl (C=O) groups excluding carboxylic acids is 4. The van der Waals surface area contributed by atoms with E-state index in [4.69, 9.17) is 4.74 Å². The van der Waals surface area contributed by atoms with Gasteiger partial charge in [-0.2, -0.15) is 0 Å². The number of phenolic OH excluding ortho intramolecular Hbond substituents is 1. The lowest BCUT2D eigenvalue weighted by Gasteiger charge is -2.49. The first-order chi connectivity index (χ1) is 18.2. The van der Waals surface area contributed by atoms with Crippen molar-refractivity contribution in [3.8, 4) is 11.5 Å². The molecule has 6 unspecified atom stereocenters. The molecule has 2 heterocycles. The monoisotopic (exact) mass is 514 g/mol. The van der Waals surface area contributed by atoms with E-state index >= 15 is 0 Å². The van der Waals surface area contributed by atoms with Crippen LogP contribution in [-0.4, -0.2) is 47.3 Å². The minimum Gasteiger partial charge on any atom is -0.504 e. The van der Waals surface area contributed by atoms with Gasteiger partial charge in [-0.25, -0.2) is 4.90 Å². The number of allylic oxidation sites excluding steroid dienone is 2. The van der Waals surface area contributed by atoms with Crippen LogP contribution in [0.15, 0.2) is 60.2 Å². The number of hydrogen-bond donors (Lipinski definition) is 1. The van der Waals surface area contributed by atoms with E-state index in [9.17, 15) is 24.3 Å². The standard InChI is InChI=1S/C30H30N2O6/c1-4-31-26(34)19-12-11-18-20(24(19)28(31)36)15-21-27(35)32(17-8-6-5-7-9-17)29(37)30(21,2)25(18)16-10-13-22(33)23(14-16)38-3/h5-11,13-14,19-21,24-25,33H,4,12,15H2,1-3H3. The number of para-hydroxylation sites is 1.